The molecule has 2 aromatic carbocycles. The number of hydrogen-bond donors (Lipinski definition) is 1. The Morgan fingerprint density at radius 3 is 2.57 bits per heavy atom. The van der Waals surface area contributed by atoms with E-state index in [4.69, 9.17) is 9.84 Å². The van der Waals surface area contributed by atoms with Crippen molar-refractivity contribution in [3.05, 3.63) is 70.0 Å². The van der Waals surface area contributed by atoms with Gasteiger partial charge in [-0.2, -0.15) is 0 Å². The lowest BCUT2D eigenvalue weighted by Crippen LogP contribution is -1.96. The van der Waals surface area contributed by atoms with Gasteiger partial charge in [-0.15, -0.1) is 0 Å². The van der Waals surface area contributed by atoms with Crippen LogP contribution in [0.25, 0.3) is 6.08 Å². The molecule has 0 aliphatic rings. The van der Waals surface area contributed by atoms with Crippen LogP contribution in [-0.4, -0.2) is 11.1 Å². The topological polar surface area (TPSA) is 46.5 Å². The number of halogens is 2. The van der Waals surface area contributed by atoms with E-state index in [2.05, 4.69) is 15.9 Å². The number of rotatable bonds is 5. The fourth-order valence-electron chi connectivity index (χ4n) is 1.70. The predicted molar refractivity (Wildman–Crippen MR) is 81.5 cm³/mol. The minimum atomic E-state index is -0.994. The van der Waals surface area contributed by atoms with Crippen LogP contribution in [0, 0.1) is 5.82 Å². The van der Waals surface area contributed by atoms with Gasteiger partial charge < -0.3 is 9.84 Å². The van der Waals surface area contributed by atoms with Crippen molar-refractivity contribution < 1.29 is 19.0 Å². The number of ether oxygens (including phenoxy) is 1. The van der Waals surface area contributed by atoms with Crippen LogP contribution >= 0.6 is 15.9 Å². The molecule has 0 unspecified atom stereocenters. The smallest absolute Gasteiger partial charge is 0.328 e. The summed E-state index contributed by atoms with van der Waals surface area (Å²) >= 11 is 3.23. The first-order valence-corrected chi connectivity index (χ1v) is 6.91. The normalized spacial score (nSPS) is 10.8. The quantitative estimate of drug-likeness (QED) is 0.819. The third-order valence-electron chi connectivity index (χ3n) is 2.63. The van der Waals surface area contributed by atoms with Crippen LogP contribution in [0.3, 0.4) is 0 Å². The van der Waals surface area contributed by atoms with Gasteiger partial charge in [-0.3, -0.25) is 0 Å². The Kier molecular flexibility index (Phi) is 5.11. The Labute approximate surface area is 129 Å². The first-order valence-electron chi connectivity index (χ1n) is 6.12. The maximum absolute atomic E-state index is 13.2. The highest BCUT2D eigenvalue weighted by molar-refractivity contribution is 9.10. The monoisotopic (exact) mass is 350 g/mol. The number of aliphatic carboxylic acids is 1. The largest absolute Gasteiger partial charge is 0.489 e. The summed E-state index contributed by atoms with van der Waals surface area (Å²) in [6.07, 6.45) is 2.57. The van der Waals surface area contributed by atoms with Crippen LogP contribution in [0.4, 0.5) is 4.39 Å². The van der Waals surface area contributed by atoms with Crippen molar-refractivity contribution in [1.82, 2.24) is 0 Å². The minimum absolute atomic E-state index is 0.251. The molecule has 0 saturated heterocycles. The number of hydrogen-bond acceptors (Lipinski definition) is 2. The van der Waals surface area contributed by atoms with E-state index in [1.54, 1.807) is 30.3 Å². The van der Waals surface area contributed by atoms with Crippen molar-refractivity contribution >= 4 is 28.0 Å². The molecule has 108 valence electrons. The van der Waals surface area contributed by atoms with Crippen LogP contribution in [0.1, 0.15) is 11.1 Å². The van der Waals surface area contributed by atoms with E-state index >= 15 is 0 Å². The zero-order valence-electron chi connectivity index (χ0n) is 10.9. The van der Waals surface area contributed by atoms with Gasteiger partial charge in [0.15, 0.2) is 0 Å². The molecule has 0 aliphatic carbocycles. The van der Waals surface area contributed by atoms with Crippen molar-refractivity contribution in [3.8, 4) is 5.75 Å². The summed E-state index contributed by atoms with van der Waals surface area (Å²) < 4.78 is 19.4. The molecule has 0 aromatic heterocycles. The highest BCUT2D eigenvalue weighted by Gasteiger charge is 2.01. The fourth-order valence-corrected chi connectivity index (χ4v) is 2.22. The molecule has 0 spiro atoms. The van der Waals surface area contributed by atoms with E-state index in [-0.39, 0.29) is 12.4 Å². The van der Waals surface area contributed by atoms with Crippen LogP contribution in [0.2, 0.25) is 0 Å². The van der Waals surface area contributed by atoms with Crippen molar-refractivity contribution in [1.29, 1.82) is 0 Å². The summed E-state index contributed by atoms with van der Waals surface area (Å²) in [6, 6.07) is 11.5. The van der Waals surface area contributed by atoms with Crippen LogP contribution in [0.5, 0.6) is 5.75 Å². The molecule has 21 heavy (non-hydrogen) atoms. The summed E-state index contributed by atoms with van der Waals surface area (Å²) in [5.41, 5.74) is 1.48. The van der Waals surface area contributed by atoms with E-state index in [0.29, 0.717) is 10.2 Å². The summed E-state index contributed by atoms with van der Waals surface area (Å²) in [5.74, 6) is -0.688. The molecule has 1 N–H and O–H groups in total. The van der Waals surface area contributed by atoms with E-state index in [1.807, 2.05) is 0 Å². The Hall–Kier alpha value is -2.14. The molecule has 0 bridgehead atoms. The minimum Gasteiger partial charge on any atom is -0.489 e. The number of carboxylic acids is 1. The van der Waals surface area contributed by atoms with E-state index < -0.39 is 5.97 Å². The lowest BCUT2D eigenvalue weighted by Gasteiger charge is -2.07. The molecule has 2 aromatic rings. The molecular formula is C16H12BrFO3. The Balaban J connectivity index is 1.99. The van der Waals surface area contributed by atoms with Crippen LogP contribution in [-0.2, 0) is 11.4 Å². The van der Waals surface area contributed by atoms with Crippen molar-refractivity contribution in [2.75, 3.05) is 0 Å². The van der Waals surface area contributed by atoms with Gasteiger partial charge in [0.1, 0.15) is 18.2 Å². The maximum Gasteiger partial charge on any atom is 0.328 e. The molecule has 0 amide bonds. The van der Waals surface area contributed by atoms with Crippen LogP contribution < -0.4 is 4.74 Å². The van der Waals surface area contributed by atoms with Gasteiger partial charge >= 0.3 is 5.97 Å². The average molecular weight is 351 g/mol. The van der Waals surface area contributed by atoms with Crippen molar-refractivity contribution in [2.24, 2.45) is 0 Å². The average Bonchev–Trinajstić information content (AvgIpc) is 2.43. The highest BCUT2D eigenvalue weighted by Crippen LogP contribution is 2.18. The number of carboxylic acid groups (broad SMARTS) is 1. The molecular weight excluding hydrogens is 339 g/mol. The molecule has 0 radical (unpaired) electrons. The third kappa shape index (κ3) is 5.04. The van der Waals surface area contributed by atoms with E-state index in [1.165, 1.54) is 18.2 Å². The summed E-state index contributed by atoms with van der Waals surface area (Å²) in [4.78, 5) is 10.4. The fraction of sp³-hybridized carbons (Fsp3) is 0.0625. The lowest BCUT2D eigenvalue weighted by molar-refractivity contribution is -0.131. The second-order valence-electron chi connectivity index (χ2n) is 4.31. The van der Waals surface area contributed by atoms with Gasteiger partial charge in [0, 0.05) is 10.5 Å². The molecule has 0 atom stereocenters. The molecule has 0 heterocycles. The first kappa shape index (κ1) is 15.3. The first-order chi connectivity index (χ1) is 10.0. The summed E-state index contributed by atoms with van der Waals surface area (Å²) in [7, 11) is 0. The zero-order chi connectivity index (χ0) is 15.2. The Bertz CT molecular complexity index is 645. The van der Waals surface area contributed by atoms with Gasteiger partial charge in [0.05, 0.1) is 0 Å². The molecule has 5 heteroatoms. The second-order valence-corrected chi connectivity index (χ2v) is 5.22. The Morgan fingerprint density at radius 2 is 1.95 bits per heavy atom. The predicted octanol–water partition coefficient (Wildman–Crippen LogP) is 4.27. The third-order valence-corrected chi connectivity index (χ3v) is 3.08. The van der Waals surface area contributed by atoms with Gasteiger partial charge in [-0.1, -0.05) is 28.1 Å². The standard InChI is InChI=1S/C16H12BrFO3/c17-13-7-12(8-14(18)9-13)10-21-15-4-1-11(2-5-15)3-6-16(19)20/h1-9H,10H2,(H,19,20). The van der Waals surface area contributed by atoms with Crippen molar-refractivity contribution in [2.45, 2.75) is 6.61 Å². The zero-order valence-corrected chi connectivity index (χ0v) is 12.5. The van der Waals surface area contributed by atoms with Gasteiger partial charge in [-0.05, 0) is 47.5 Å². The number of benzene rings is 2. The summed E-state index contributed by atoms with van der Waals surface area (Å²) in [5, 5.41) is 8.54. The SMILES string of the molecule is O=C(O)C=Cc1ccc(OCc2cc(F)cc(Br)c2)cc1. The number of carbonyl (C=O) groups is 1. The van der Waals surface area contributed by atoms with Crippen LogP contribution in [0.15, 0.2) is 53.0 Å². The van der Waals surface area contributed by atoms with E-state index in [0.717, 1.165) is 17.2 Å². The van der Waals surface area contributed by atoms with Gasteiger partial charge in [-0.25, -0.2) is 9.18 Å². The highest BCUT2D eigenvalue weighted by atomic mass is 79.9. The summed E-state index contributed by atoms with van der Waals surface area (Å²) in [6.45, 7) is 0.251. The van der Waals surface area contributed by atoms with Gasteiger partial charge in [0.25, 0.3) is 0 Å². The van der Waals surface area contributed by atoms with E-state index in [9.17, 15) is 9.18 Å². The Morgan fingerprint density at radius 1 is 1.24 bits per heavy atom. The second kappa shape index (κ2) is 7.04. The van der Waals surface area contributed by atoms with Crippen molar-refractivity contribution in [3.63, 3.8) is 0 Å². The molecule has 2 rings (SSSR count). The molecule has 0 aliphatic heterocycles. The lowest BCUT2D eigenvalue weighted by atomic mass is 10.2. The maximum atomic E-state index is 13.2. The molecule has 3 nitrogen and oxygen atoms in total. The molecule has 0 saturated carbocycles. The molecule has 0 fully saturated rings. The van der Waals surface area contributed by atoms with Gasteiger partial charge in [0.2, 0.25) is 0 Å².